The van der Waals surface area contributed by atoms with Crippen LogP contribution in [0.3, 0.4) is 0 Å². The first-order chi connectivity index (χ1) is 18.2. The Morgan fingerprint density at radius 3 is 1.68 bits per heavy atom. The highest BCUT2D eigenvalue weighted by atomic mass is 32.2. The third kappa shape index (κ3) is 12.2. The summed E-state index contributed by atoms with van der Waals surface area (Å²) in [6, 6.07) is 7.46. The van der Waals surface area contributed by atoms with Gasteiger partial charge in [0.15, 0.2) is 0 Å². The van der Waals surface area contributed by atoms with E-state index in [1.165, 1.54) is 0 Å². The summed E-state index contributed by atoms with van der Waals surface area (Å²) in [5.41, 5.74) is 5.96. The van der Waals surface area contributed by atoms with E-state index >= 15 is 0 Å². The molecule has 6 N–H and O–H groups in total. The lowest BCUT2D eigenvalue weighted by molar-refractivity contribution is 0.228. The highest BCUT2D eigenvalue weighted by Gasteiger charge is 2.04. The summed E-state index contributed by atoms with van der Waals surface area (Å²) in [7, 11) is 3.26. The molecule has 2 aromatic heterocycles. The van der Waals surface area contributed by atoms with E-state index in [-0.39, 0.29) is 0 Å². The smallest absolute Gasteiger partial charge is 0.215 e. The van der Waals surface area contributed by atoms with Crippen molar-refractivity contribution in [3.63, 3.8) is 0 Å². The zero-order chi connectivity index (χ0) is 26.6. The number of rotatable bonds is 16. The number of thioether (sulfide) groups is 2. The molecule has 0 saturated carbocycles. The Labute approximate surface area is 226 Å². The Hall–Kier alpha value is -2.94. The molecule has 2 rings (SSSR count). The molecule has 0 aromatic carbocycles. The Morgan fingerprint density at radius 1 is 0.811 bits per heavy atom. The number of nitrogens with one attached hydrogen (secondary N) is 4. The van der Waals surface area contributed by atoms with Gasteiger partial charge >= 0.3 is 0 Å². The van der Waals surface area contributed by atoms with Gasteiger partial charge in [-0.2, -0.15) is 23.5 Å². The van der Waals surface area contributed by atoms with Gasteiger partial charge in [-0.1, -0.05) is 0 Å². The van der Waals surface area contributed by atoms with Gasteiger partial charge in [0.1, 0.15) is 11.5 Å². The molecule has 2 heterocycles. The van der Waals surface area contributed by atoms with Crippen LogP contribution in [0.2, 0.25) is 0 Å². The molecule has 204 valence electrons. The summed E-state index contributed by atoms with van der Waals surface area (Å²) in [5, 5.41) is 24.7. The van der Waals surface area contributed by atoms with Crippen molar-refractivity contribution in [3.05, 3.63) is 48.0 Å². The minimum absolute atomic E-state index is 0.312. The fraction of sp³-hybridized carbons (Fsp3) is 0.478. The quantitative estimate of drug-likeness (QED) is 0.0779. The van der Waals surface area contributed by atoms with Crippen molar-refractivity contribution < 1.29 is 19.9 Å². The van der Waals surface area contributed by atoms with Crippen molar-refractivity contribution in [2.75, 3.05) is 51.9 Å². The molecule has 0 atom stereocenters. The minimum Gasteiger partial charge on any atom is -0.495 e. The number of aromatic nitrogens is 2. The largest absolute Gasteiger partial charge is 0.495 e. The number of aliphatic imine (C=N–C) groups is 2. The van der Waals surface area contributed by atoms with Gasteiger partial charge in [0.2, 0.25) is 11.9 Å². The van der Waals surface area contributed by atoms with Crippen LogP contribution < -0.4 is 31.1 Å². The van der Waals surface area contributed by atoms with E-state index in [0.29, 0.717) is 44.5 Å². The lowest BCUT2D eigenvalue weighted by Gasteiger charge is -2.11. The molecule has 14 heteroatoms. The summed E-state index contributed by atoms with van der Waals surface area (Å²) < 4.78 is 10.6. The second-order valence-corrected chi connectivity index (χ2v) is 9.51. The summed E-state index contributed by atoms with van der Waals surface area (Å²) in [6.45, 7) is 2.20. The van der Waals surface area contributed by atoms with Crippen molar-refractivity contribution in [3.8, 4) is 11.5 Å². The topological polar surface area (TPSA) is 158 Å². The minimum atomic E-state index is 0.312. The third-order valence-electron chi connectivity index (χ3n) is 4.78. The van der Waals surface area contributed by atoms with Gasteiger partial charge in [-0.3, -0.25) is 30.4 Å². The molecule has 0 aliphatic rings. The first-order valence-electron chi connectivity index (χ1n) is 11.7. The van der Waals surface area contributed by atoms with Crippen molar-refractivity contribution in [2.45, 2.75) is 17.9 Å². The molecule has 0 radical (unpaired) electrons. The highest BCUT2D eigenvalue weighted by Crippen LogP contribution is 2.21. The molecule has 0 unspecified atom stereocenters. The molecular formula is C23H36N8O4S2. The molecule has 0 saturated heterocycles. The van der Waals surface area contributed by atoms with Gasteiger partial charge in [-0.05, 0) is 30.7 Å². The van der Waals surface area contributed by atoms with Crippen LogP contribution in [0.1, 0.15) is 17.8 Å². The average molecular weight is 553 g/mol. The maximum atomic E-state index is 9.29. The van der Waals surface area contributed by atoms with Crippen molar-refractivity contribution in [2.24, 2.45) is 9.98 Å². The van der Waals surface area contributed by atoms with Gasteiger partial charge < -0.3 is 20.1 Å². The van der Waals surface area contributed by atoms with Crippen LogP contribution in [0.5, 0.6) is 11.5 Å². The van der Waals surface area contributed by atoms with Crippen LogP contribution in [0.15, 0.2) is 46.6 Å². The zero-order valence-corrected chi connectivity index (χ0v) is 22.8. The summed E-state index contributed by atoms with van der Waals surface area (Å²) >= 11 is 3.37. The molecule has 0 spiro atoms. The third-order valence-corrected chi connectivity index (χ3v) is 6.67. The lowest BCUT2D eigenvalue weighted by atomic mass is 10.3. The van der Waals surface area contributed by atoms with E-state index in [1.54, 1.807) is 50.1 Å². The van der Waals surface area contributed by atoms with Gasteiger partial charge in [0.25, 0.3) is 0 Å². The second-order valence-electron chi connectivity index (χ2n) is 7.30. The van der Waals surface area contributed by atoms with E-state index in [0.717, 1.165) is 45.9 Å². The van der Waals surface area contributed by atoms with Gasteiger partial charge in [-0.15, -0.1) is 0 Å². The standard InChI is InChI=1S/C23H36N8O4S2/c1-34-20-6-3-8-24-18(20)16-36-14-12-28-22(30-32)26-10-5-11-27-23(31-33)29-13-15-37-17-19-21(35-2)7-4-9-25-19/h3-4,6-9,32-33H,5,10-17H2,1-2H3,(H2,26,28,30)(H2,27,29,31). The van der Waals surface area contributed by atoms with Crippen LogP contribution in [0.25, 0.3) is 0 Å². The van der Waals surface area contributed by atoms with E-state index in [9.17, 15) is 10.4 Å². The Kier molecular flexibility index (Phi) is 15.7. The summed E-state index contributed by atoms with van der Waals surface area (Å²) in [6.07, 6.45) is 4.21. The van der Waals surface area contributed by atoms with Crippen LogP contribution >= 0.6 is 23.5 Å². The Balaban J connectivity index is 1.56. The van der Waals surface area contributed by atoms with Crippen molar-refractivity contribution in [1.29, 1.82) is 0 Å². The number of methoxy groups -OCH3 is 2. The SMILES string of the molecule is COc1cccnc1CSCC/N=C(/NO)NCCCN/C(=N\CCSCc1ncccc1OC)NO. The normalized spacial score (nSPS) is 11.7. The van der Waals surface area contributed by atoms with Crippen molar-refractivity contribution in [1.82, 2.24) is 31.6 Å². The van der Waals surface area contributed by atoms with E-state index in [2.05, 4.69) is 41.5 Å². The molecule has 2 aromatic rings. The predicted molar refractivity (Wildman–Crippen MR) is 149 cm³/mol. The number of hydrogen-bond acceptors (Lipinski definition) is 10. The maximum Gasteiger partial charge on any atom is 0.215 e. The second kappa shape index (κ2) is 19.2. The van der Waals surface area contributed by atoms with Gasteiger partial charge in [0, 0.05) is 48.5 Å². The molecule has 0 amide bonds. The molecule has 0 aliphatic carbocycles. The fourth-order valence-electron chi connectivity index (χ4n) is 2.98. The Bertz CT molecular complexity index is 892. The number of nitrogens with zero attached hydrogens (tertiary/aromatic N) is 4. The summed E-state index contributed by atoms with van der Waals surface area (Å²) in [5.74, 6) is 5.15. The molecular weight excluding hydrogens is 516 g/mol. The molecule has 0 fully saturated rings. The lowest BCUT2D eigenvalue weighted by Crippen LogP contribution is -2.39. The molecule has 0 bridgehead atoms. The summed E-state index contributed by atoms with van der Waals surface area (Å²) in [4.78, 5) is 17.3. The van der Waals surface area contributed by atoms with E-state index < -0.39 is 0 Å². The van der Waals surface area contributed by atoms with E-state index in [1.807, 2.05) is 24.3 Å². The number of ether oxygens (including phenoxy) is 2. The first-order valence-corrected chi connectivity index (χ1v) is 14.0. The number of pyridine rings is 2. The Morgan fingerprint density at radius 2 is 1.27 bits per heavy atom. The zero-order valence-electron chi connectivity index (χ0n) is 21.1. The molecule has 0 aliphatic heterocycles. The monoisotopic (exact) mass is 552 g/mol. The van der Waals surface area contributed by atoms with Gasteiger partial charge in [-0.25, -0.2) is 11.0 Å². The average Bonchev–Trinajstić information content (AvgIpc) is 2.94. The highest BCUT2D eigenvalue weighted by molar-refractivity contribution is 7.98. The number of hydroxylamine groups is 2. The van der Waals surface area contributed by atoms with Crippen LogP contribution in [0.4, 0.5) is 0 Å². The van der Waals surface area contributed by atoms with Crippen LogP contribution in [-0.2, 0) is 11.5 Å². The number of hydrogen-bond donors (Lipinski definition) is 6. The van der Waals surface area contributed by atoms with Crippen LogP contribution in [0, 0.1) is 0 Å². The predicted octanol–water partition coefficient (Wildman–Crippen LogP) is 1.90. The van der Waals surface area contributed by atoms with Crippen LogP contribution in [-0.4, -0.2) is 84.2 Å². The van der Waals surface area contributed by atoms with E-state index in [4.69, 9.17) is 9.47 Å². The molecule has 12 nitrogen and oxygen atoms in total. The first kappa shape index (κ1) is 30.3. The maximum absolute atomic E-state index is 9.29. The van der Waals surface area contributed by atoms with Crippen molar-refractivity contribution >= 4 is 35.4 Å². The van der Waals surface area contributed by atoms with Gasteiger partial charge in [0.05, 0.1) is 38.7 Å². The number of guanidine groups is 2. The molecule has 37 heavy (non-hydrogen) atoms. The fourth-order valence-corrected chi connectivity index (χ4v) is 4.53.